The molecule has 84 valence electrons. The van der Waals surface area contributed by atoms with E-state index in [1.807, 2.05) is 26.0 Å². The maximum absolute atomic E-state index is 8.39. The SMILES string of the molecule is Cc1ccc(CNC(C)CC(N)=NO)o1. The Hall–Kier alpha value is -1.49. The molecule has 1 heterocycles. The van der Waals surface area contributed by atoms with E-state index in [0.717, 1.165) is 11.5 Å². The number of nitrogens with one attached hydrogen (secondary N) is 1. The first kappa shape index (κ1) is 11.6. The zero-order valence-electron chi connectivity index (χ0n) is 9.03. The summed E-state index contributed by atoms with van der Waals surface area (Å²) in [6, 6.07) is 4.00. The summed E-state index contributed by atoms with van der Waals surface area (Å²) in [6.45, 7) is 4.52. The van der Waals surface area contributed by atoms with Crippen molar-refractivity contribution in [3.8, 4) is 0 Å². The Morgan fingerprint density at radius 1 is 1.67 bits per heavy atom. The van der Waals surface area contributed by atoms with Gasteiger partial charge in [-0.1, -0.05) is 5.16 Å². The fourth-order valence-electron chi connectivity index (χ4n) is 1.28. The van der Waals surface area contributed by atoms with Crippen LogP contribution in [0, 0.1) is 6.92 Å². The van der Waals surface area contributed by atoms with Crippen LogP contribution < -0.4 is 11.1 Å². The molecule has 1 unspecified atom stereocenters. The van der Waals surface area contributed by atoms with E-state index >= 15 is 0 Å². The van der Waals surface area contributed by atoms with Crippen LogP contribution >= 0.6 is 0 Å². The molecule has 1 aromatic rings. The van der Waals surface area contributed by atoms with Crippen molar-refractivity contribution in [2.24, 2.45) is 10.9 Å². The molecule has 5 heteroatoms. The molecule has 0 spiro atoms. The summed E-state index contributed by atoms with van der Waals surface area (Å²) in [5.41, 5.74) is 5.38. The lowest BCUT2D eigenvalue weighted by atomic mass is 10.2. The standard InChI is InChI=1S/C10H17N3O2/c1-7(5-10(11)13-14)12-6-9-4-3-8(2)15-9/h3-4,7,12,14H,5-6H2,1-2H3,(H2,11,13). The molecule has 0 aromatic carbocycles. The van der Waals surface area contributed by atoms with E-state index in [-0.39, 0.29) is 11.9 Å². The minimum Gasteiger partial charge on any atom is -0.465 e. The van der Waals surface area contributed by atoms with Crippen LogP contribution in [-0.4, -0.2) is 17.1 Å². The number of nitrogens with zero attached hydrogens (tertiary/aromatic N) is 1. The molecule has 0 saturated carbocycles. The molecule has 1 rings (SSSR count). The molecule has 1 aromatic heterocycles. The van der Waals surface area contributed by atoms with Crippen LogP contribution in [0.1, 0.15) is 24.9 Å². The molecular weight excluding hydrogens is 194 g/mol. The Bertz CT molecular complexity index is 333. The van der Waals surface area contributed by atoms with E-state index in [0.29, 0.717) is 13.0 Å². The maximum atomic E-state index is 8.39. The topological polar surface area (TPSA) is 83.8 Å². The first-order valence-corrected chi connectivity index (χ1v) is 4.87. The monoisotopic (exact) mass is 211 g/mol. The van der Waals surface area contributed by atoms with Gasteiger partial charge in [0.05, 0.1) is 6.54 Å². The van der Waals surface area contributed by atoms with Crippen LogP contribution in [0.5, 0.6) is 0 Å². The van der Waals surface area contributed by atoms with E-state index in [2.05, 4.69) is 10.5 Å². The zero-order valence-corrected chi connectivity index (χ0v) is 9.03. The Morgan fingerprint density at radius 3 is 2.93 bits per heavy atom. The summed E-state index contributed by atoms with van der Waals surface area (Å²) >= 11 is 0. The third-order valence-electron chi connectivity index (χ3n) is 2.06. The normalized spacial score (nSPS) is 14.1. The summed E-state index contributed by atoms with van der Waals surface area (Å²) in [6.07, 6.45) is 0.510. The van der Waals surface area contributed by atoms with Gasteiger partial charge in [0.1, 0.15) is 17.4 Å². The van der Waals surface area contributed by atoms with Gasteiger partial charge in [-0.05, 0) is 26.0 Å². The molecule has 0 fully saturated rings. The molecule has 15 heavy (non-hydrogen) atoms. The first-order valence-electron chi connectivity index (χ1n) is 4.87. The third kappa shape index (κ3) is 4.03. The Balaban J connectivity index is 2.31. The highest BCUT2D eigenvalue weighted by Crippen LogP contribution is 2.06. The van der Waals surface area contributed by atoms with Crippen LogP contribution in [0.4, 0.5) is 0 Å². The second kappa shape index (κ2) is 5.41. The van der Waals surface area contributed by atoms with Crippen LogP contribution in [-0.2, 0) is 6.54 Å². The lowest BCUT2D eigenvalue weighted by Crippen LogP contribution is -2.30. The number of aryl methyl sites for hydroxylation is 1. The van der Waals surface area contributed by atoms with Crippen LogP contribution in [0.2, 0.25) is 0 Å². The van der Waals surface area contributed by atoms with Crippen LogP contribution in [0.3, 0.4) is 0 Å². The number of hydrogen-bond acceptors (Lipinski definition) is 4. The van der Waals surface area contributed by atoms with Crippen molar-refractivity contribution in [3.05, 3.63) is 23.7 Å². The molecule has 0 radical (unpaired) electrons. The minimum absolute atomic E-state index is 0.145. The Labute approximate surface area is 88.9 Å². The molecule has 1 atom stereocenters. The number of nitrogens with two attached hydrogens (primary N) is 1. The van der Waals surface area contributed by atoms with Crippen molar-refractivity contribution in [1.82, 2.24) is 5.32 Å². The largest absolute Gasteiger partial charge is 0.465 e. The number of oxime groups is 1. The van der Waals surface area contributed by atoms with Gasteiger partial charge in [-0.2, -0.15) is 0 Å². The van der Waals surface area contributed by atoms with Gasteiger partial charge >= 0.3 is 0 Å². The predicted molar refractivity (Wildman–Crippen MR) is 57.8 cm³/mol. The van der Waals surface area contributed by atoms with E-state index < -0.39 is 0 Å². The highest BCUT2D eigenvalue weighted by molar-refractivity contribution is 5.80. The Morgan fingerprint density at radius 2 is 2.40 bits per heavy atom. The molecule has 0 bridgehead atoms. The summed E-state index contributed by atoms with van der Waals surface area (Å²) < 4.78 is 5.39. The van der Waals surface area contributed by atoms with Gasteiger partial charge in [-0.3, -0.25) is 0 Å². The van der Waals surface area contributed by atoms with Gasteiger partial charge in [-0.15, -0.1) is 0 Å². The van der Waals surface area contributed by atoms with Crippen molar-refractivity contribution in [2.75, 3.05) is 0 Å². The first-order chi connectivity index (χ1) is 7.11. The molecule has 0 aliphatic carbocycles. The van der Waals surface area contributed by atoms with E-state index in [1.54, 1.807) is 0 Å². The number of hydrogen-bond donors (Lipinski definition) is 3. The van der Waals surface area contributed by atoms with Crippen molar-refractivity contribution in [1.29, 1.82) is 0 Å². The maximum Gasteiger partial charge on any atom is 0.140 e. The average Bonchev–Trinajstić information content (AvgIpc) is 2.61. The molecule has 5 nitrogen and oxygen atoms in total. The van der Waals surface area contributed by atoms with E-state index in [9.17, 15) is 0 Å². The summed E-state index contributed by atoms with van der Waals surface area (Å²) in [7, 11) is 0. The van der Waals surface area contributed by atoms with Gasteiger partial charge < -0.3 is 20.7 Å². The van der Waals surface area contributed by atoms with Gasteiger partial charge in [0.2, 0.25) is 0 Å². The second-order valence-corrected chi connectivity index (χ2v) is 3.59. The third-order valence-corrected chi connectivity index (χ3v) is 2.06. The summed E-state index contributed by atoms with van der Waals surface area (Å²) in [5, 5.41) is 14.5. The highest BCUT2D eigenvalue weighted by atomic mass is 16.4. The molecule has 0 aliphatic rings. The second-order valence-electron chi connectivity index (χ2n) is 3.59. The molecular formula is C10H17N3O2. The van der Waals surface area contributed by atoms with Crippen molar-refractivity contribution >= 4 is 5.84 Å². The van der Waals surface area contributed by atoms with Gasteiger partial charge in [-0.25, -0.2) is 0 Å². The average molecular weight is 211 g/mol. The quantitative estimate of drug-likeness (QED) is 0.296. The van der Waals surface area contributed by atoms with E-state index in [4.69, 9.17) is 15.4 Å². The van der Waals surface area contributed by atoms with Crippen LogP contribution in [0.15, 0.2) is 21.7 Å². The number of rotatable bonds is 5. The van der Waals surface area contributed by atoms with Gasteiger partial charge in [0, 0.05) is 12.5 Å². The van der Waals surface area contributed by atoms with Crippen molar-refractivity contribution in [2.45, 2.75) is 32.9 Å². The fraction of sp³-hybridized carbons (Fsp3) is 0.500. The highest BCUT2D eigenvalue weighted by Gasteiger charge is 2.05. The summed E-state index contributed by atoms with van der Waals surface area (Å²) in [4.78, 5) is 0. The van der Waals surface area contributed by atoms with Gasteiger partial charge in [0.15, 0.2) is 0 Å². The smallest absolute Gasteiger partial charge is 0.140 e. The lowest BCUT2D eigenvalue weighted by molar-refractivity contribution is 0.315. The molecule has 0 saturated heterocycles. The van der Waals surface area contributed by atoms with Crippen molar-refractivity contribution in [3.63, 3.8) is 0 Å². The number of furan rings is 1. The zero-order chi connectivity index (χ0) is 11.3. The lowest BCUT2D eigenvalue weighted by Gasteiger charge is -2.11. The minimum atomic E-state index is 0.145. The Kier molecular flexibility index (Phi) is 4.17. The van der Waals surface area contributed by atoms with Gasteiger partial charge in [0.25, 0.3) is 0 Å². The molecule has 0 amide bonds. The van der Waals surface area contributed by atoms with Crippen LogP contribution in [0.25, 0.3) is 0 Å². The fourth-order valence-corrected chi connectivity index (χ4v) is 1.28. The molecule has 4 N–H and O–H groups in total. The number of amidine groups is 1. The summed E-state index contributed by atoms with van der Waals surface area (Å²) in [5.74, 6) is 2.01. The molecule has 0 aliphatic heterocycles. The van der Waals surface area contributed by atoms with Crippen molar-refractivity contribution < 1.29 is 9.62 Å². The predicted octanol–water partition coefficient (Wildman–Crippen LogP) is 1.20. The van der Waals surface area contributed by atoms with E-state index in [1.165, 1.54) is 0 Å².